The highest BCUT2D eigenvalue weighted by Crippen LogP contribution is 2.21. The van der Waals surface area contributed by atoms with Gasteiger partial charge in [-0.1, -0.05) is 30.3 Å². The summed E-state index contributed by atoms with van der Waals surface area (Å²) in [7, 11) is 0. The second-order valence-corrected chi connectivity index (χ2v) is 8.14. The van der Waals surface area contributed by atoms with E-state index in [0.717, 1.165) is 39.3 Å². The van der Waals surface area contributed by atoms with Gasteiger partial charge >= 0.3 is 0 Å². The van der Waals surface area contributed by atoms with Crippen molar-refractivity contribution in [3.05, 3.63) is 35.9 Å². The molecule has 1 aromatic rings. The predicted octanol–water partition coefficient (Wildman–Crippen LogP) is 1.92. The lowest BCUT2D eigenvalue weighted by atomic mass is 10.0. The first-order valence-corrected chi connectivity index (χ1v) is 9.92. The van der Waals surface area contributed by atoms with Gasteiger partial charge in [0.1, 0.15) is 0 Å². The van der Waals surface area contributed by atoms with E-state index in [1.54, 1.807) is 0 Å². The van der Waals surface area contributed by atoms with E-state index >= 15 is 0 Å². The van der Waals surface area contributed by atoms with Gasteiger partial charge in [-0.15, -0.1) is 0 Å². The predicted molar refractivity (Wildman–Crippen MR) is 104 cm³/mol. The summed E-state index contributed by atoms with van der Waals surface area (Å²) in [6.07, 6.45) is 3.40. The second kappa shape index (κ2) is 8.98. The Bertz CT molecular complexity index is 570. The van der Waals surface area contributed by atoms with E-state index in [-0.39, 0.29) is 11.4 Å². The Morgan fingerprint density at radius 1 is 1.19 bits per heavy atom. The quantitative estimate of drug-likeness (QED) is 0.808. The molecule has 0 bridgehead atoms. The maximum atomic E-state index is 12.5. The number of carbonyl (C=O) groups excluding carboxylic acids is 1. The number of amides is 1. The first-order valence-electron chi connectivity index (χ1n) is 9.92. The van der Waals surface area contributed by atoms with E-state index in [2.05, 4.69) is 59.3 Å². The number of hydrogen-bond donors (Lipinski definition) is 1. The summed E-state index contributed by atoms with van der Waals surface area (Å²) in [6.45, 7) is 10.1. The van der Waals surface area contributed by atoms with Crippen LogP contribution in [0.15, 0.2) is 30.3 Å². The van der Waals surface area contributed by atoms with Crippen LogP contribution in [0.4, 0.5) is 0 Å². The van der Waals surface area contributed by atoms with Crippen LogP contribution in [0.3, 0.4) is 0 Å². The number of morpholine rings is 1. The zero-order valence-corrected chi connectivity index (χ0v) is 16.2. The van der Waals surface area contributed by atoms with Gasteiger partial charge in [0.15, 0.2) is 0 Å². The molecule has 2 fully saturated rings. The van der Waals surface area contributed by atoms with Gasteiger partial charge in [-0.25, -0.2) is 0 Å². The lowest BCUT2D eigenvalue weighted by Crippen LogP contribution is -2.56. The van der Waals surface area contributed by atoms with Gasteiger partial charge in [-0.2, -0.15) is 0 Å². The highest BCUT2D eigenvalue weighted by Gasteiger charge is 2.30. The topological polar surface area (TPSA) is 44.8 Å². The van der Waals surface area contributed by atoms with Crippen molar-refractivity contribution in [2.24, 2.45) is 0 Å². The SMILES string of the molecule is CC(C)(CNC(=O)CN1CCCC1Cc1ccccc1)N1CCOCC1. The number of hydrogen-bond acceptors (Lipinski definition) is 4. The first-order chi connectivity index (χ1) is 12.5. The highest BCUT2D eigenvalue weighted by atomic mass is 16.5. The minimum atomic E-state index is -0.0338. The summed E-state index contributed by atoms with van der Waals surface area (Å²) in [4.78, 5) is 17.3. The van der Waals surface area contributed by atoms with Crippen LogP contribution in [0.25, 0.3) is 0 Å². The molecule has 0 aromatic heterocycles. The maximum Gasteiger partial charge on any atom is 0.234 e. The lowest BCUT2D eigenvalue weighted by molar-refractivity contribution is -0.123. The Hall–Kier alpha value is -1.43. The molecule has 2 aliphatic rings. The Morgan fingerprint density at radius 3 is 2.65 bits per heavy atom. The zero-order valence-electron chi connectivity index (χ0n) is 16.2. The molecule has 3 rings (SSSR count). The molecule has 2 saturated heterocycles. The van der Waals surface area contributed by atoms with Gasteiger partial charge in [-0.05, 0) is 45.2 Å². The molecule has 1 amide bonds. The molecule has 0 spiro atoms. The van der Waals surface area contributed by atoms with Gasteiger partial charge < -0.3 is 10.1 Å². The van der Waals surface area contributed by atoms with E-state index in [9.17, 15) is 4.79 Å². The average molecular weight is 360 g/mol. The van der Waals surface area contributed by atoms with Gasteiger partial charge in [-0.3, -0.25) is 14.6 Å². The van der Waals surface area contributed by atoms with Crippen molar-refractivity contribution in [1.29, 1.82) is 0 Å². The van der Waals surface area contributed by atoms with Crippen LogP contribution in [0.5, 0.6) is 0 Å². The van der Waals surface area contributed by atoms with Crippen molar-refractivity contribution in [1.82, 2.24) is 15.1 Å². The molecular formula is C21H33N3O2. The van der Waals surface area contributed by atoms with Crippen molar-refractivity contribution in [2.75, 3.05) is 45.9 Å². The Kier molecular flexibility index (Phi) is 6.68. The third-order valence-corrected chi connectivity index (χ3v) is 5.75. The number of likely N-dealkylation sites (tertiary alicyclic amines) is 1. The summed E-state index contributed by atoms with van der Waals surface area (Å²) in [6, 6.07) is 11.1. The number of benzene rings is 1. The largest absolute Gasteiger partial charge is 0.379 e. The molecule has 0 radical (unpaired) electrons. The molecule has 1 aromatic carbocycles. The van der Waals surface area contributed by atoms with Crippen LogP contribution >= 0.6 is 0 Å². The third-order valence-electron chi connectivity index (χ3n) is 5.75. The van der Waals surface area contributed by atoms with E-state index in [1.165, 1.54) is 18.4 Å². The molecule has 1 unspecified atom stereocenters. The normalized spacial score (nSPS) is 22.5. The van der Waals surface area contributed by atoms with Crippen molar-refractivity contribution in [2.45, 2.75) is 44.7 Å². The fourth-order valence-corrected chi connectivity index (χ4v) is 4.06. The monoisotopic (exact) mass is 359 g/mol. The molecule has 144 valence electrons. The zero-order chi connectivity index (χ0) is 18.4. The third kappa shape index (κ3) is 5.29. The van der Waals surface area contributed by atoms with E-state index in [4.69, 9.17) is 4.74 Å². The van der Waals surface area contributed by atoms with Crippen molar-refractivity contribution < 1.29 is 9.53 Å². The minimum absolute atomic E-state index is 0.0338. The van der Waals surface area contributed by atoms with Crippen LogP contribution in [0.1, 0.15) is 32.3 Å². The van der Waals surface area contributed by atoms with Crippen LogP contribution in [-0.2, 0) is 16.0 Å². The molecule has 5 nitrogen and oxygen atoms in total. The molecule has 1 N–H and O–H groups in total. The van der Waals surface area contributed by atoms with Crippen LogP contribution in [0.2, 0.25) is 0 Å². The number of rotatable bonds is 7. The van der Waals surface area contributed by atoms with Crippen molar-refractivity contribution in [3.8, 4) is 0 Å². The maximum absolute atomic E-state index is 12.5. The molecule has 1 atom stereocenters. The van der Waals surface area contributed by atoms with Crippen LogP contribution in [-0.4, -0.2) is 73.2 Å². The summed E-state index contributed by atoms with van der Waals surface area (Å²) in [5, 5.41) is 3.17. The van der Waals surface area contributed by atoms with Gasteiger partial charge in [0, 0.05) is 31.2 Å². The van der Waals surface area contributed by atoms with Crippen LogP contribution < -0.4 is 5.32 Å². The number of carbonyl (C=O) groups is 1. The highest BCUT2D eigenvalue weighted by molar-refractivity contribution is 5.78. The Balaban J connectivity index is 1.46. The summed E-state index contributed by atoms with van der Waals surface area (Å²) < 4.78 is 5.43. The van der Waals surface area contributed by atoms with E-state index in [0.29, 0.717) is 19.1 Å². The molecule has 2 aliphatic heterocycles. The lowest BCUT2D eigenvalue weighted by Gasteiger charge is -2.41. The van der Waals surface area contributed by atoms with Crippen molar-refractivity contribution in [3.63, 3.8) is 0 Å². The van der Waals surface area contributed by atoms with Crippen molar-refractivity contribution >= 4 is 5.91 Å². The Morgan fingerprint density at radius 2 is 1.92 bits per heavy atom. The molecule has 0 aliphatic carbocycles. The number of nitrogens with one attached hydrogen (secondary N) is 1. The van der Waals surface area contributed by atoms with Gasteiger partial charge in [0.25, 0.3) is 0 Å². The van der Waals surface area contributed by atoms with Crippen LogP contribution in [0, 0.1) is 0 Å². The first kappa shape index (κ1) is 19.3. The fraction of sp³-hybridized carbons (Fsp3) is 0.667. The van der Waals surface area contributed by atoms with Gasteiger partial charge in [0.05, 0.1) is 19.8 Å². The smallest absolute Gasteiger partial charge is 0.234 e. The molecule has 26 heavy (non-hydrogen) atoms. The summed E-state index contributed by atoms with van der Waals surface area (Å²) in [5.74, 6) is 0.145. The molecular weight excluding hydrogens is 326 g/mol. The number of nitrogens with zero attached hydrogens (tertiary/aromatic N) is 2. The van der Waals surface area contributed by atoms with Gasteiger partial charge in [0.2, 0.25) is 5.91 Å². The second-order valence-electron chi connectivity index (χ2n) is 8.14. The fourth-order valence-electron chi connectivity index (χ4n) is 4.06. The molecule has 2 heterocycles. The minimum Gasteiger partial charge on any atom is -0.379 e. The standard InChI is InChI=1S/C21H33N3O2/c1-21(2,24-11-13-26-14-12-24)17-22-20(25)16-23-10-6-9-19(23)15-18-7-4-3-5-8-18/h3-5,7-8,19H,6,9-17H2,1-2H3,(H,22,25). The summed E-state index contributed by atoms with van der Waals surface area (Å²) >= 11 is 0. The Labute approximate surface area is 157 Å². The average Bonchev–Trinajstić information content (AvgIpc) is 3.08. The summed E-state index contributed by atoms with van der Waals surface area (Å²) in [5.41, 5.74) is 1.33. The molecule has 0 saturated carbocycles. The molecule has 5 heteroatoms. The number of ether oxygens (including phenoxy) is 1. The van der Waals surface area contributed by atoms with E-state index < -0.39 is 0 Å². The van der Waals surface area contributed by atoms with E-state index in [1.807, 2.05) is 0 Å².